The number of benzene rings is 1. The lowest BCUT2D eigenvalue weighted by molar-refractivity contribution is 0.665. The lowest BCUT2D eigenvalue weighted by Crippen LogP contribution is -2.15. The van der Waals surface area contributed by atoms with Crippen molar-refractivity contribution in [2.45, 2.75) is 30.3 Å². The summed E-state index contributed by atoms with van der Waals surface area (Å²) in [6.07, 6.45) is 6.75. The fraction of sp³-hybridized carbons (Fsp3) is 0.357. The fourth-order valence-electron chi connectivity index (χ4n) is 1.89. The van der Waals surface area contributed by atoms with Crippen molar-refractivity contribution in [3.63, 3.8) is 0 Å². The van der Waals surface area contributed by atoms with E-state index in [-0.39, 0.29) is 0 Å². The molecule has 18 heavy (non-hydrogen) atoms. The Hall–Kier alpha value is -1.26. The highest BCUT2D eigenvalue weighted by atomic mass is 32.2. The molecule has 4 heteroatoms. The van der Waals surface area contributed by atoms with Crippen molar-refractivity contribution in [2.24, 2.45) is 0 Å². The van der Waals surface area contributed by atoms with Gasteiger partial charge in [0.05, 0.1) is 11.4 Å². The molecule has 0 radical (unpaired) electrons. The van der Waals surface area contributed by atoms with Gasteiger partial charge in [0, 0.05) is 23.7 Å². The van der Waals surface area contributed by atoms with E-state index in [1.165, 1.54) is 17.7 Å². The van der Waals surface area contributed by atoms with Crippen LogP contribution in [-0.4, -0.2) is 22.1 Å². The summed E-state index contributed by atoms with van der Waals surface area (Å²) in [6, 6.07) is 11.3. The van der Waals surface area contributed by atoms with Gasteiger partial charge in [0.15, 0.2) is 0 Å². The summed E-state index contributed by atoms with van der Waals surface area (Å²) in [5.41, 5.74) is 2.23. The van der Waals surface area contributed by atoms with Crippen molar-refractivity contribution in [3.8, 4) is 5.69 Å². The van der Waals surface area contributed by atoms with E-state index in [9.17, 15) is 0 Å². The Balaban J connectivity index is 1.74. The summed E-state index contributed by atoms with van der Waals surface area (Å²) in [4.78, 5) is 1.26. The minimum Gasteiger partial charge on any atom is -0.308 e. The van der Waals surface area contributed by atoms with Crippen molar-refractivity contribution in [1.82, 2.24) is 15.1 Å². The third-order valence-corrected chi connectivity index (χ3v) is 3.84. The molecular formula is C14H17N3S. The minimum absolute atomic E-state index is 0.731. The lowest BCUT2D eigenvalue weighted by atomic mass is 10.3. The van der Waals surface area contributed by atoms with E-state index < -0.39 is 0 Å². The van der Waals surface area contributed by atoms with Crippen molar-refractivity contribution >= 4 is 11.8 Å². The SMILES string of the molecule is CSc1cccc(-n2ccc(CNC3CC3)n2)c1. The molecule has 3 nitrogen and oxygen atoms in total. The zero-order valence-corrected chi connectivity index (χ0v) is 11.3. The first-order chi connectivity index (χ1) is 8.85. The standard InChI is InChI=1S/C14H17N3S/c1-18-14-4-2-3-13(9-14)17-8-7-12(16-17)10-15-11-5-6-11/h2-4,7-9,11,15H,5-6,10H2,1H3. The van der Waals surface area contributed by atoms with Gasteiger partial charge in [-0.25, -0.2) is 4.68 Å². The van der Waals surface area contributed by atoms with E-state index in [0.29, 0.717) is 0 Å². The van der Waals surface area contributed by atoms with Gasteiger partial charge in [-0.3, -0.25) is 0 Å². The van der Waals surface area contributed by atoms with Gasteiger partial charge in [0.1, 0.15) is 0 Å². The van der Waals surface area contributed by atoms with Crippen LogP contribution in [0.25, 0.3) is 5.69 Å². The van der Waals surface area contributed by atoms with Crippen LogP contribution >= 0.6 is 11.8 Å². The maximum Gasteiger partial charge on any atom is 0.0766 e. The van der Waals surface area contributed by atoms with Crippen LogP contribution in [0.3, 0.4) is 0 Å². The molecule has 1 aromatic carbocycles. The van der Waals surface area contributed by atoms with Crippen LogP contribution in [0, 0.1) is 0 Å². The zero-order chi connectivity index (χ0) is 12.4. The van der Waals surface area contributed by atoms with Gasteiger partial charge in [-0.15, -0.1) is 11.8 Å². The first kappa shape index (κ1) is 11.8. The molecule has 0 atom stereocenters. The Morgan fingerprint density at radius 3 is 3.06 bits per heavy atom. The van der Waals surface area contributed by atoms with Gasteiger partial charge in [0.2, 0.25) is 0 Å². The number of rotatable bonds is 5. The highest BCUT2D eigenvalue weighted by Crippen LogP contribution is 2.20. The predicted molar refractivity (Wildman–Crippen MR) is 75.2 cm³/mol. The first-order valence-electron chi connectivity index (χ1n) is 6.27. The summed E-state index contributed by atoms with van der Waals surface area (Å²) in [6.45, 7) is 0.875. The van der Waals surface area contributed by atoms with Crippen LogP contribution in [-0.2, 0) is 6.54 Å². The van der Waals surface area contributed by atoms with E-state index in [1.807, 2.05) is 10.9 Å². The molecule has 0 spiro atoms. The number of nitrogens with one attached hydrogen (secondary N) is 1. The van der Waals surface area contributed by atoms with Crippen LogP contribution in [0.2, 0.25) is 0 Å². The summed E-state index contributed by atoms with van der Waals surface area (Å²) in [7, 11) is 0. The summed E-state index contributed by atoms with van der Waals surface area (Å²) >= 11 is 1.75. The highest BCUT2D eigenvalue weighted by molar-refractivity contribution is 7.98. The van der Waals surface area contributed by atoms with Gasteiger partial charge in [-0.1, -0.05) is 6.07 Å². The van der Waals surface area contributed by atoms with Crippen LogP contribution in [0.5, 0.6) is 0 Å². The average molecular weight is 259 g/mol. The Labute approximate surface area is 112 Å². The molecular weight excluding hydrogens is 242 g/mol. The molecule has 0 saturated heterocycles. The van der Waals surface area contributed by atoms with Gasteiger partial charge < -0.3 is 5.32 Å². The van der Waals surface area contributed by atoms with E-state index in [1.54, 1.807) is 11.8 Å². The topological polar surface area (TPSA) is 29.9 Å². The van der Waals surface area contributed by atoms with Crippen molar-refractivity contribution in [2.75, 3.05) is 6.26 Å². The van der Waals surface area contributed by atoms with E-state index in [4.69, 9.17) is 0 Å². The predicted octanol–water partition coefficient (Wildman–Crippen LogP) is 2.85. The molecule has 3 rings (SSSR count). The summed E-state index contributed by atoms with van der Waals surface area (Å²) in [5, 5.41) is 8.08. The molecule has 0 amide bonds. The molecule has 2 aromatic rings. The number of hydrogen-bond acceptors (Lipinski definition) is 3. The maximum atomic E-state index is 4.60. The van der Waals surface area contributed by atoms with Crippen molar-refractivity contribution in [3.05, 3.63) is 42.2 Å². The second kappa shape index (κ2) is 5.16. The number of aromatic nitrogens is 2. The normalized spacial score (nSPS) is 14.9. The molecule has 0 unspecified atom stereocenters. The molecule has 1 fully saturated rings. The molecule has 94 valence electrons. The Morgan fingerprint density at radius 1 is 1.39 bits per heavy atom. The van der Waals surface area contributed by atoms with E-state index in [0.717, 1.165) is 24.0 Å². The molecule has 1 aromatic heterocycles. The highest BCUT2D eigenvalue weighted by Gasteiger charge is 2.20. The molecule has 0 aliphatic heterocycles. The molecule has 1 aliphatic rings. The number of thioether (sulfide) groups is 1. The molecule has 1 saturated carbocycles. The Morgan fingerprint density at radius 2 is 2.28 bits per heavy atom. The second-order valence-electron chi connectivity index (χ2n) is 4.61. The van der Waals surface area contributed by atoms with Crippen molar-refractivity contribution < 1.29 is 0 Å². The Bertz CT molecular complexity index is 531. The molecule has 0 bridgehead atoms. The number of nitrogens with zero attached hydrogens (tertiary/aromatic N) is 2. The monoisotopic (exact) mass is 259 g/mol. The van der Waals surface area contributed by atoms with Gasteiger partial charge in [-0.2, -0.15) is 5.10 Å². The van der Waals surface area contributed by atoms with Gasteiger partial charge in [0.25, 0.3) is 0 Å². The molecule has 1 N–H and O–H groups in total. The number of hydrogen-bond donors (Lipinski definition) is 1. The van der Waals surface area contributed by atoms with Crippen molar-refractivity contribution in [1.29, 1.82) is 0 Å². The molecule has 1 heterocycles. The third-order valence-electron chi connectivity index (χ3n) is 3.11. The smallest absolute Gasteiger partial charge is 0.0766 e. The average Bonchev–Trinajstić information content (AvgIpc) is 3.13. The van der Waals surface area contributed by atoms with Crippen LogP contribution in [0.4, 0.5) is 0 Å². The van der Waals surface area contributed by atoms with Gasteiger partial charge >= 0.3 is 0 Å². The van der Waals surface area contributed by atoms with Crippen LogP contribution in [0.1, 0.15) is 18.5 Å². The quantitative estimate of drug-likeness (QED) is 0.837. The maximum absolute atomic E-state index is 4.60. The molecule has 1 aliphatic carbocycles. The summed E-state index contributed by atoms with van der Waals surface area (Å²) in [5.74, 6) is 0. The lowest BCUT2D eigenvalue weighted by Gasteiger charge is -2.03. The third kappa shape index (κ3) is 2.76. The zero-order valence-electron chi connectivity index (χ0n) is 10.5. The fourth-order valence-corrected chi connectivity index (χ4v) is 2.34. The van der Waals surface area contributed by atoms with Crippen LogP contribution in [0.15, 0.2) is 41.4 Å². The minimum atomic E-state index is 0.731. The van der Waals surface area contributed by atoms with E-state index in [2.05, 4.69) is 47.0 Å². The van der Waals surface area contributed by atoms with Crippen LogP contribution < -0.4 is 5.32 Å². The Kier molecular flexibility index (Phi) is 3.39. The summed E-state index contributed by atoms with van der Waals surface area (Å²) < 4.78 is 1.95. The van der Waals surface area contributed by atoms with Gasteiger partial charge in [-0.05, 0) is 43.4 Å². The van der Waals surface area contributed by atoms with E-state index >= 15 is 0 Å². The first-order valence-corrected chi connectivity index (χ1v) is 7.50. The second-order valence-corrected chi connectivity index (χ2v) is 5.49. The largest absolute Gasteiger partial charge is 0.308 e.